The van der Waals surface area contributed by atoms with Crippen LogP contribution < -0.4 is 5.32 Å². The molecular formula is C13H23ClN2O2. The highest BCUT2D eigenvalue weighted by molar-refractivity contribution is 5.85. The van der Waals surface area contributed by atoms with E-state index in [0.717, 1.165) is 65.0 Å². The number of rotatable bonds is 1. The second-order valence-electron chi connectivity index (χ2n) is 5.65. The van der Waals surface area contributed by atoms with Gasteiger partial charge in [0.05, 0.1) is 5.41 Å². The van der Waals surface area contributed by atoms with Crippen LogP contribution in [0.1, 0.15) is 32.1 Å². The summed E-state index contributed by atoms with van der Waals surface area (Å²) < 4.78 is 5.38. The maximum atomic E-state index is 12.6. The predicted molar refractivity (Wildman–Crippen MR) is 72.0 cm³/mol. The van der Waals surface area contributed by atoms with Gasteiger partial charge in [-0.25, -0.2) is 0 Å². The first-order valence-electron chi connectivity index (χ1n) is 6.91. The molecule has 0 bridgehead atoms. The zero-order valence-electron chi connectivity index (χ0n) is 10.8. The second kappa shape index (κ2) is 5.76. The molecule has 1 N–H and O–H groups in total. The highest BCUT2D eigenvalue weighted by Crippen LogP contribution is 2.39. The third-order valence-electron chi connectivity index (χ3n) is 4.65. The minimum absolute atomic E-state index is 0. The summed E-state index contributed by atoms with van der Waals surface area (Å²) in [7, 11) is 0. The van der Waals surface area contributed by atoms with E-state index in [1.165, 1.54) is 0 Å². The zero-order valence-corrected chi connectivity index (χ0v) is 11.6. The number of halogens is 1. The molecule has 0 unspecified atom stereocenters. The lowest BCUT2D eigenvalue weighted by Crippen LogP contribution is -2.48. The maximum absolute atomic E-state index is 12.6. The van der Waals surface area contributed by atoms with Crippen LogP contribution in [0.3, 0.4) is 0 Å². The van der Waals surface area contributed by atoms with E-state index in [9.17, 15) is 4.79 Å². The van der Waals surface area contributed by atoms with Gasteiger partial charge in [-0.05, 0) is 38.6 Å². The van der Waals surface area contributed by atoms with Crippen LogP contribution in [0.4, 0.5) is 0 Å². The number of amides is 1. The molecule has 3 aliphatic rings. The Morgan fingerprint density at radius 2 is 2.06 bits per heavy atom. The van der Waals surface area contributed by atoms with E-state index in [-0.39, 0.29) is 17.8 Å². The Balaban J connectivity index is 0.00000120. The molecule has 4 nitrogen and oxygen atoms in total. The summed E-state index contributed by atoms with van der Waals surface area (Å²) in [4.78, 5) is 14.8. The van der Waals surface area contributed by atoms with Crippen LogP contribution >= 0.6 is 12.4 Å². The molecule has 0 aliphatic carbocycles. The van der Waals surface area contributed by atoms with Crippen LogP contribution in [0.2, 0.25) is 0 Å². The van der Waals surface area contributed by atoms with E-state index in [0.29, 0.717) is 11.9 Å². The minimum Gasteiger partial charge on any atom is -0.381 e. The molecule has 0 aromatic carbocycles. The van der Waals surface area contributed by atoms with Gasteiger partial charge in [-0.15, -0.1) is 12.4 Å². The predicted octanol–water partition coefficient (Wildman–Crippen LogP) is 1.19. The molecule has 5 heteroatoms. The number of nitrogens with zero attached hydrogens (tertiary/aromatic N) is 1. The van der Waals surface area contributed by atoms with Crippen LogP contribution in [-0.4, -0.2) is 49.7 Å². The number of ether oxygens (including phenoxy) is 1. The summed E-state index contributed by atoms with van der Waals surface area (Å²) in [6.07, 6.45) is 5.33. The molecular weight excluding hydrogens is 252 g/mol. The molecule has 104 valence electrons. The van der Waals surface area contributed by atoms with E-state index in [1.807, 2.05) is 0 Å². The van der Waals surface area contributed by atoms with Crippen molar-refractivity contribution in [2.45, 2.75) is 38.1 Å². The summed E-state index contributed by atoms with van der Waals surface area (Å²) in [6, 6.07) is 0.442. The van der Waals surface area contributed by atoms with E-state index < -0.39 is 0 Å². The monoisotopic (exact) mass is 274 g/mol. The van der Waals surface area contributed by atoms with Gasteiger partial charge in [0.25, 0.3) is 0 Å². The van der Waals surface area contributed by atoms with Gasteiger partial charge in [-0.1, -0.05) is 0 Å². The molecule has 1 spiro atoms. The van der Waals surface area contributed by atoms with Gasteiger partial charge in [0.1, 0.15) is 0 Å². The lowest BCUT2D eigenvalue weighted by molar-refractivity contribution is -0.140. The number of piperidine rings is 1. The SMILES string of the molecule is Cl.O=C1N(C2CCOCC2)CC[C@]12CCCNC2. The van der Waals surface area contributed by atoms with Crippen molar-refractivity contribution in [3.05, 3.63) is 0 Å². The minimum atomic E-state index is -0.0590. The molecule has 3 fully saturated rings. The Hall–Kier alpha value is -0.320. The summed E-state index contributed by atoms with van der Waals surface area (Å²) in [5, 5.41) is 3.40. The zero-order chi connectivity index (χ0) is 11.7. The molecule has 3 rings (SSSR count). The molecule has 0 aromatic rings. The van der Waals surface area contributed by atoms with Crippen molar-refractivity contribution in [1.29, 1.82) is 0 Å². The molecule has 18 heavy (non-hydrogen) atoms. The number of carbonyl (C=O) groups is 1. The second-order valence-corrected chi connectivity index (χ2v) is 5.65. The first-order chi connectivity index (χ1) is 8.32. The normalized spacial score (nSPS) is 33.8. The van der Waals surface area contributed by atoms with Crippen LogP contribution in [0.5, 0.6) is 0 Å². The van der Waals surface area contributed by atoms with E-state index in [1.54, 1.807) is 0 Å². The lowest BCUT2D eigenvalue weighted by atomic mass is 9.79. The van der Waals surface area contributed by atoms with Gasteiger partial charge >= 0.3 is 0 Å². The van der Waals surface area contributed by atoms with E-state index in [4.69, 9.17) is 4.74 Å². The van der Waals surface area contributed by atoms with Gasteiger partial charge in [-0.3, -0.25) is 4.79 Å². The lowest BCUT2D eigenvalue weighted by Gasteiger charge is -2.35. The van der Waals surface area contributed by atoms with Crippen molar-refractivity contribution in [3.63, 3.8) is 0 Å². The molecule has 1 amide bonds. The Morgan fingerprint density at radius 1 is 1.28 bits per heavy atom. The topological polar surface area (TPSA) is 41.6 Å². The first-order valence-corrected chi connectivity index (χ1v) is 6.91. The van der Waals surface area contributed by atoms with E-state index >= 15 is 0 Å². The Kier molecular flexibility index (Phi) is 4.51. The Labute approximate surface area is 115 Å². The molecule has 0 saturated carbocycles. The standard InChI is InChI=1S/C13H22N2O2.ClH/c16-12-13(4-1-6-14-10-13)5-7-15(12)11-2-8-17-9-3-11;/h11,14H,1-10H2;1H/t13-;/m0./s1. The smallest absolute Gasteiger partial charge is 0.230 e. The van der Waals surface area contributed by atoms with Crippen molar-refractivity contribution < 1.29 is 9.53 Å². The van der Waals surface area contributed by atoms with Gasteiger partial charge in [0, 0.05) is 32.3 Å². The largest absolute Gasteiger partial charge is 0.381 e. The number of hydrogen-bond donors (Lipinski definition) is 1. The maximum Gasteiger partial charge on any atom is 0.230 e. The van der Waals surface area contributed by atoms with Crippen molar-refractivity contribution in [2.24, 2.45) is 5.41 Å². The van der Waals surface area contributed by atoms with Crippen LogP contribution in [-0.2, 0) is 9.53 Å². The number of carbonyl (C=O) groups excluding carboxylic acids is 1. The highest BCUT2D eigenvalue weighted by Gasteiger charge is 2.48. The fourth-order valence-corrected chi connectivity index (χ4v) is 3.56. The number of nitrogens with one attached hydrogen (secondary N) is 1. The third kappa shape index (κ3) is 2.38. The van der Waals surface area contributed by atoms with Crippen LogP contribution in [0.15, 0.2) is 0 Å². The molecule has 1 atom stereocenters. The fraction of sp³-hybridized carbons (Fsp3) is 0.923. The number of likely N-dealkylation sites (tertiary alicyclic amines) is 1. The quantitative estimate of drug-likeness (QED) is 0.781. The molecule has 3 aliphatic heterocycles. The average molecular weight is 275 g/mol. The Bertz CT molecular complexity index is 299. The van der Waals surface area contributed by atoms with Crippen molar-refractivity contribution in [1.82, 2.24) is 10.2 Å². The summed E-state index contributed by atoms with van der Waals surface area (Å²) in [5.74, 6) is 0.414. The Morgan fingerprint density at radius 3 is 2.72 bits per heavy atom. The van der Waals surface area contributed by atoms with Gasteiger partial charge in [0.2, 0.25) is 5.91 Å². The van der Waals surface area contributed by atoms with Crippen LogP contribution in [0.25, 0.3) is 0 Å². The van der Waals surface area contributed by atoms with Crippen LogP contribution in [0, 0.1) is 5.41 Å². The number of hydrogen-bond acceptors (Lipinski definition) is 3. The summed E-state index contributed by atoms with van der Waals surface area (Å²) in [5.41, 5.74) is -0.0590. The van der Waals surface area contributed by atoms with Gasteiger partial charge in [0.15, 0.2) is 0 Å². The summed E-state index contributed by atoms with van der Waals surface area (Å²) >= 11 is 0. The van der Waals surface area contributed by atoms with Crippen molar-refractivity contribution in [3.8, 4) is 0 Å². The van der Waals surface area contributed by atoms with E-state index in [2.05, 4.69) is 10.2 Å². The highest BCUT2D eigenvalue weighted by atomic mass is 35.5. The van der Waals surface area contributed by atoms with Crippen molar-refractivity contribution in [2.75, 3.05) is 32.8 Å². The van der Waals surface area contributed by atoms with Gasteiger partial charge in [-0.2, -0.15) is 0 Å². The van der Waals surface area contributed by atoms with Crippen molar-refractivity contribution >= 4 is 18.3 Å². The third-order valence-corrected chi connectivity index (χ3v) is 4.65. The first kappa shape index (κ1) is 14.1. The molecule has 0 radical (unpaired) electrons. The molecule has 3 saturated heterocycles. The fourth-order valence-electron chi connectivity index (χ4n) is 3.56. The average Bonchev–Trinajstić information content (AvgIpc) is 2.70. The molecule has 3 heterocycles. The van der Waals surface area contributed by atoms with Gasteiger partial charge < -0.3 is 15.0 Å². The molecule has 0 aromatic heterocycles. The summed E-state index contributed by atoms with van der Waals surface area (Å²) in [6.45, 7) is 4.57.